The first-order chi connectivity index (χ1) is 8.54. The van der Waals surface area contributed by atoms with Gasteiger partial charge in [-0.25, -0.2) is 0 Å². The molecule has 2 aromatic heterocycles. The van der Waals surface area contributed by atoms with Crippen LogP contribution in [0.3, 0.4) is 0 Å². The van der Waals surface area contributed by atoms with E-state index < -0.39 is 0 Å². The van der Waals surface area contributed by atoms with Gasteiger partial charge >= 0.3 is 0 Å². The third-order valence-corrected chi connectivity index (χ3v) is 3.60. The van der Waals surface area contributed by atoms with Crippen molar-refractivity contribution in [3.63, 3.8) is 0 Å². The Kier molecular flexibility index (Phi) is 4.08. The van der Waals surface area contributed by atoms with Gasteiger partial charge in [0.1, 0.15) is 10.0 Å². The molecule has 0 saturated carbocycles. The Morgan fingerprint density at radius 2 is 2.11 bits per heavy atom. The Balaban J connectivity index is 2.04. The summed E-state index contributed by atoms with van der Waals surface area (Å²) in [4.78, 5) is 2.37. The Morgan fingerprint density at radius 1 is 1.33 bits per heavy atom. The van der Waals surface area contributed by atoms with Crippen molar-refractivity contribution in [3.8, 4) is 0 Å². The Hall–Kier alpha value is -1.27. The van der Waals surface area contributed by atoms with Crippen molar-refractivity contribution in [3.05, 3.63) is 28.0 Å². The van der Waals surface area contributed by atoms with E-state index in [0.717, 1.165) is 23.1 Å². The van der Waals surface area contributed by atoms with Gasteiger partial charge in [0.05, 0.1) is 12.7 Å². The second-order valence-corrected chi connectivity index (χ2v) is 6.00. The molecule has 98 valence electrons. The summed E-state index contributed by atoms with van der Waals surface area (Å²) in [5.74, 6) is 0. The fourth-order valence-electron chi connectivity index (χ4n) is 1.78. The molecular formula is C12H19N5S. The summed E-state index contributed by atoms with van der Waals surface area (Å²) in [5, 5.41) is 14.6. The molecule has 0 amide bonds. The zero-order chi connectivity index (χ0) is 13.1. The van der Waals surface area contributed by atoms with Crippen molar-refractivity contribution in [1.29, 1.82) is 0 Å². The molecule has 0 radical (unpaired) electrons. The molecule has 0 aromatic carbocycles. The second kappa shape index (κ2) is 5.58. The van der Waals surface area contributed by atoms with Crippen LogP contribution in [0.1, 0.15) is 29.4 Å². The third kappa shape index (κ3) is 3.36. The van der Waals surface area contributed by atoms with E-state index in [1.807, 2.05) is 24.9 Å². The van der Waals surface area contributed by atoms with Crippen LogP contribution >= 0.6 is 11.3 Å². The highest BCUT2D eigenvalue weighted by atomic mass is 32.1. The van der Waals surface area contributed by atoms with E-state index in [4.69, 9.17) is 0 Å². The lowest BCUT2D eigenvalue weighted by Crippen LogP contribution is -2.29. The molecule has 0 spiro atoms. The maximum absolute atomic E-state index is 4.20. The summed E-state index contributed by atoms with van der Waals surface area (Å²) in [5.41, 5.74) is 1.23. The molecule has 2 aromatic rings. The average molecular weight is 265 g/mol. The minimum Gasteiger partial charge on any atom is -0.290 e. The zero-order valence-corrected chi connectivity index (χ0v) is 12.1. The Labute approximate surface area is 111 Å². The summed E-state index contributed by atoms with van der Waals surface area (Å²) in [6.07, 6.45) is 3.97. The Bertz CT molecular complexity index is 460. The summed E-state index contributed by atoms with van der Waals surface area (Å²) in [7, 11) is 1.94. The van der Waals surface area contributed by atoms with E-state index >= 15 is 0 Å². The third-order valence-electron chi connectivity index (χ3n) is 2.78. The van der Waals surface area contributed by atoms with Gasteiger partial charge in [-0.3, -0.25) is 9.58 Å². The molecule has 0 N–H and O–H groups in total. The van der Waals surface area contributed by atoms with E-state index in [-0.39, 0.29) is 0 Å². The SMILES string of the molecule is Cc1nnc(CN(Cc2cnn(C)c2)C(C)C)s1. The zero-order valence-electron chi connectivity index (χ0n) is 11.3. The number of nitrogens with zero attached hydrogens (tertiary/aromatic N) is 5. The van der Waals surface area contributed by atoms with Crippen LogP contribution in [0.2, 0.25) is 0 Å². The minimum absolute atomic E-state index is 0.467. The first-order valence-electron chi connectivity index (χ1n) is 6.05. The van der Waals surface area contributed by atoms with E-state index in [0.29, 0.717) is 6.04 Å². The van der Waals surface area contributed by atoms with Crippen molar-refractivity contribution in [2.45, 2.75) is 39.9 Å². The summed E-state index contributed by atoms with van der Waals surface area (Å²) >= 11 is 1.66. The van der Waals surface area contributed by atoms with Gasteiger partial charge in [-0.1, -0.05) is 0 Å². The number of aromatic nitrogens is 4. The topological polar surface area (TPSA) is 46.8 Å². The van der Waals surface area contributed by atoms with E-state index in [2.05, 4.69) is 40.2 Å². The molecule has 5 nitrogen and oxygen atoms in total. The molecule has 2 rings (SSSR count). The van der Waals surface area contributed by atoms with Gasteiger partial charge in [0.25, 0.3) is 0 Å². The van der Waals surface area contributed by atoms with Crippen LogP contribution in [0.4, 0.5) is 0 Å². The second-order valence-electron chi connectivity index (χ2n) is 4.74. The minimum atomic E-state index is 0.467. The van der Waals surface area contributed by atoms with Gasteiger partial charge in [0, 0.05) is 31.4 Å². The fourth-order valence-corrected chi connectivity index (χ4v) is 2.52. The predicted octanol–water partition coefficient (Wildman–Crippen LogP) is 1.99. The van der Waals surface area contributed by atoms with Gasteiger partial charge in [0.15, 0.2) is 0 Å². The molecule has 0 saturated heterocycles. The average Bonchev–Trinajstić information content (AvgIpc) is 2.87. The lowest BCUT2D eigenvalue weighted by molar-refractivity contribution is 0.203. The van der Waals surface area contributed by atoms with Crippen LogP contribution in [0.5, 0.6) is 0 Å². The van der Waals surface area contributed by atoms with Crippen LogP contribution in [0.25, 0.3) is 0 Å². The van der Waals surface area contributed by atoms with Crippen LogP contribution in [0.15, 0.2) is 12.4 Å². The van der Waals surface area contributed by atoms with E-state index in [1.165, 1.54) is 5.56 Å². The molecule has 6 heteroatoms. The van der Waals surface area contributed by atoms with Gasteiger partial charge in [-0.2, -0.15) is 5.10 Å². The van der Waals surface area contributed by atoms with Crippen molar-refractivity contribution < 1.29 is 0 Å². The molecule has 0 atom stereocenters. The first kappa shape index (κ1) is 13.2. The first-order valence-corrected chi connectivity index (χ1v) is 6.87. The highest BCUT2D eigenvalue weighted by Crippen LogP contribution is 2.15. The van der Waals surface area contributed by atoms with Crippen molar-refractivity contribution in [1.82, 2.24) is 24.9 Å². The molecule has 0 aliphatic heterocycles. The highest BCUT2D eigenvalue weighted by molar-refractivity contribution is 7.11. The van der Waals surface area contributed by atoms with E-state index in [9.17, 15) is 0 Å². The fraction of sp³-hybridized carbons (Fsp3) is 0.583. The normalized spacial score (nSPS) is 11.7. The molecular weight excluding hydrogens is 246 g/mol. The van der Waals surface area contributed by atoms with Gasteiger partial charge in [0.2, 0.25) is 0 Å². The summed E-state index contributed by atoms with van der Waals surface area (Å²) in [6, 6.07) is 0.467. The van der Waals surface area contributed by atoms with Crippen molar-refractivity contribution >= 4 is 11.3 Å². The molecule has 0 aliphatic carbocycles. The molecule has 0 fully saturated rings. The van der Waals surface area contributed by atoms with Crippen molar-refractivity contribution in [2.75, 3.05) is 0 Å². The largest absolute Gasteiger partial charge is 0.290 e. The summed E-state index contributed by atoms with van der Waals surface area (Å²) in [6.45, 7) is 8.12. The van der Waals surface area contributed by atoms with Crippen LogP contribution in [0, 0.1) is 6.92 Å². The highest BCUT2D eigenvalue weighted by Gasteiger charge is 2.14. The summed E-state index contributed by atoms with van der Waals surface area (Å²) < 4.78 is 1.84. The predicted molar refractivity (Wildman–Crippen MR) is 72.2 cm³/mol. The number of rotatable bonds is 5. The maximum atomic E-state index is 4.20. The molecule has 18 heavy (non-hydrogen) atoms. The van der Waals surface area contributed by atoms with Crippen LogP contribution < -0.4 is 0 Å². The maximum Gasteiger partial charge on any atom is 0.131 e. The molecule has 2 heterocycles. The number of hydrogen-bond donors (Lipinski definition) is 0. The van der Waals surface area contributed by atoms with Gasteiger partial charge < -0.3 is 0 Å². The molecule has 0 aliphatic rings. The molecule has 0 unspecified atom stereocenters. The van der Waals surface area contributed by atoms with E-state index in [1.54, 1.807) is 11.3 Å². The lowest BCUT2D eigenvalue weighted by atomic mass is 10.2. The smallest absolute Gasteiger partial charge is 0.131 e. The Morgan fingerprint density at radius 3 is 2.61 bits per heavy atom. The van der Waals surface area contributed by atoms with Gasteiger partial charge in [-0.15, -0.1) is 21.5 Å². The quantitative estimate of drug-likeness (QED) is 0.829. The van der Waals surface area contributed by atoms with Crippen LogP contribution in [-0.4, -0.2) is 30.9 Å². The monoisotopic (exact) mass is 265 g/mol. The van der Waals surface area contributed by atoms with Gasteiger partial charge in [-0.05, 0) is 20.8 Å². The number of hydrogen-bond acceptors (Lipinski definition) is 5. The number of aryl methyl sites for hydroxylation is 2. The van der Waals surface area contributed by atoms with Crippen molar-refractivity contribution in [2.24, 2.45) is 7.05 Å². The standard InChI is InChI=1S/C12H19N5S/c1-9(2)17(7-11-5-13-16(4)6-11)8-12-15-14-10(3)18-12/h5-6,9H,7-8H2,1-4H3. The molecule has 0 bridgehead atoms. The van der Waals surface area contributed by atoms with Crippen LogP contribution in [-0.2, 0) is 20.1 Å². The lowest BCUT2D eigenvalue weighted by Gasteiger charge is -2.24.